The van der Waals surface area contributed by atoms with E-state index in [0.29, 0.717) is 31.0 Å². The maximum absolute atomic E-state index is 12.9. The molecule has 3 rings (SSSR count). The van der Waals surface area contributed by atoms with Gasteiger partial charge in [-0.3, -0.25) is 14.6 Å². The number of amides is 2. The second kappa shape index (κ2) is 7.16. The normalized spacial score (nSPS) is 13.7. The number of hydrogen-bond acceptors (Lipinski definition) is 6. The molecule has 0 radical (unpaired) electrons. The lowest BCUT2D eigenvalue weighted by Gasteiger charge is -2.28. The van der Waals surface area contributed by atoms with Crippen LogP contribution in [-0.4, -0.2) is 59.1 Å². The van der Waals surface area contributed by atoms with E-state index >= 15 is 0 Å². The molecule has 2 amide bonds. The van der Waals surface area contributed by atoms with E-state index in [0.717, 1.165) is 0 Å². The quantitative estimate of drug-likeness (QED) is 0.835. The summed E-state index contributed by atoms with van der Waals surface area (Å²) in [4.78, 5) is 33.7. The maximum Gasteiger partial charge on any atom is 0.277 e. The van der Waals surface area contributed by atoms with E-state index in [2.05, 4.69) is 9.97 Å². The summed E-state index contributed by atoms with van der Waals surface area (Å²) in [5.74, 6) is -0.0762. The molecular formula is C17H18N4O4. The first-order valence-electron chi connectivity index (χ1n) is 7.78. The molecule has 0 atom stereocenters. The Morgan fingerprint density at radius 1 is 0.960 bits per heavy atom. The molecule has 8 heteroatoms. The predicted molar refractivity (Wildman–Crippen MR) is 88.3 cm³/mol. The summed E-state index contributed by atoms with van der Waals surface area (Å²) in [6.45, 7) is 0.920. The number of hydrogen-bond donors (Lipinski definition) is 0. The van der Waals surface area contributed by atoms with Crippen molar-refractivity contribution in [2.45, 2.75) is 6.42 Å². The largest absolute Gasteiger partial charge is 0.481 e. The van der Waals surface area contributed by atoms with Gasteiger partial charge >= 0.3 is 0 Å². The van der Waals surface area contributed by atoms with Crippen LogP contribution in [0, 0.1) is 0 Å². The van der Waals surface area contributed by atoms with Gasteiger partial charge in [0.2, 0.25) is 11.8 Å². The lowest BCUT2D eigenvalue weighted by Crippen LogP contribution is -2.45. The van der Waals surface area contributed by atoms with Crippen LogP contribution >= 0.6 is 0 Å². The van der Waals surface area contributed by atoms with Gasteiger partial charge in [-0.15, -0.1) is 0 Å². The van der Waals surface area contributed by atoms with Crippen molar-refractivity contribution in [2.75, 3.05) is 27.3 Å². The van der Waals surface area contributed by atoms with Gasteiger partial charge in [0, 0.05) is 37.1 Å². The molecular weight excluding hydrogens is 324 g/mol. The van der Waals surface area contributed by atoms with Crippen molar-refractivity contribution >= 4 is 11.8 Å². The van der Waals surface area contributed by atoms with Crippen LogP contribution in [0.3, 0.4) is 0 Å². The van der Waals surface area contributed by atoms with Crippen molar-refractivity contribution in [1.82, 2.24) is 20.0 Å². The Morgan fingerprint density at radius 2 is 1.64 bits per heavy atom. The maximum atomic E-state index is 12.9. The molecule has 0 N–H and O–H groups in total. The number of carbonyl (C=O) groups excluding carboxylic acids is 2. The molecule has 1 saturated heterocycles. The summed E-state index contributed by atoms with van der Waals surface area (Å²) < 4.78 is 10.2. The molecule has 2 aromatic heterocycles. The number of methoxy groups -OCH3 is 2. The van der Waals surface area contributed by atoms with E-state index in [-0.39, 0.29) is 23.3 Å². The first-order chi connectivity index (χ1) is 12.2. The Balaban J connectivity index is 1.87. The van der Waals surface area contributed by atoms with E-state index < -0.39 is 0 Å². The summed E-state index contributed by atoms with van der Waals surface area (Å²) >= 11 is 0. The third-order valence-electron chi connectivity index (χ3n) is 3.90. The smallest absolute Gasteiger partial charge is 0.277 e. The van der Waals surface area contributed by atoms with Crippen LogP contribution in [0.15, 0.2) is 36.7 Å². The lowest BCUT2D eigenvalue weighted by atomic mass is 10.2. The van der Waals surface area contributed by atoms with E-state index in [9.17, 15) is 9.59 Å². The highest BCUT2D eigenvalue weighted by molar-refractivity contribution is 6.00. The molecule has 1 aliphatic rings. The minimum absolute atomic E-state index is 0.160. The molecule has 8 nitrogen and oxygen atoms in total. The Hall–Kier alpha value is -3.16. The average molecular weight is 342 g/mol. The van der Waals surface area contributed by atoms with E-state index in [1.54, 1.807) is 36.7 Å². The van der Waals surface area contributed by atoms with Crippen LogP contribution in [0.25, 0.3) is 0 Å². The number of hydrazine groups is 1. The highest BCUT2D eigenvalue weighted by atomic mass is 16.5. The van der Waals surface area contributed by atoms with Crippen LogP contribution in [0.1, 0.15) is 27.1 Å². The van der Waals surface area contributed by atoms with Gasteiger partial charge in [0.25, 0.3) is 11.8 Å². The molecule has 0 aromatic carbocycles. The van der Waals surface area contributed by atoms with Crippen LogP contribution in [-0.2, 0) is 0 Å². The van der Waals surface area contributed by atoms with Gasteiger partial charge in [0.05, 0.1) is 14.2 Å². The Kier molecular flexibility index (Phi) is 4.78. The third kappa shape index (κ3) is 3.23. The van der Waals surface area contributed by atoms with Crippen molar-refractivity contribution in [3.63, 3.8) is 0 Å². The molecule has 0 saturated carbocycles. The number of aromatic nitrogens is 2. The molecule has 3 heterocycles. The van der Waals surface area contributed by atoms with Crippen molar-refractivity contribution in [2.24, 2.45) is 0 Å². The molecule has 0 aliphatic carbocycles. The fourth-order valence-corrected chi connectivity index (χ4v) is 2.67. The number of carbonyl (C=O) groups is 2. The molecule has 1 aliphatic heterocycles. The fourth-order valence-electron chi connectivity index (χ4n) is 2.67. The number of ether oxygens (including phenoxy) is 2. The van der Waals surface area contributed by atoms with E-state index in [1.165, 1.54) is 24.2 Å². The molecule has 130 valence electrons. The second-order valence-corrected chi connectivity index (χ2v) is 5.36. The average Bonchev–Trinajstić information content (AvgIpc) is 3.16. The molecule has 0 bridgehead atoms. The molecule has 1 fully saturated rings. The van der Waals surface area contributed by atoms with Crippen LogP contribution < -0.4 is 9.47 Å². The summed E-state index contributed by atoms with van der Waals surface area (Å²) in [6.07, 6.45) is 3.80. The van der Waals surface area contributed by atoms with Gasteiger partial charge < -0.3 is 9.47 Å². The third-order valence-corrected chi connectivity index (χ3v) is 3.90. The van der Waals surface area contributed by atoms with Gasteiger partial charge in [-0.05, 0) is 24.6 Å². The number of rotatable bonds is 4. The van der Waals surface area contributed by atoms with Crippen molar-refractivity contribution in [1.29, 1.82) is 0 Å². The Labute approximate surface area is 145 Å². The van der Waals surface area contributed by atoms with Gasteiger partial charge in [-0.2, -0.15) is 4.98 Å². The van der Waals surface area contributed by atoms with Crippen molar-refractivity contribution in [3.05, 3.63) is 47.8 Å². The summed E-state index contributed by atoms with van der Waals surface area (Å²) in [7, 11) is 2.92. The molecule has 0 unspecified atom stereocenters. The zero-order valence-corrected chi connectivity index (χ0v) is 14.0. The number of pyridine rings is 2. The highest BCUT2D eigenvalue weighted by Gasteiger charge is 2.33. The molecule has 0 spiro atoms. The van der Waals surface area contributed by atoms with Crippen LogP contribution in [0.2, 0.25) is 0 Å². The van der Waals surface area contributed by atoms with Gasteiger partial charge in [0.15, 0.2) is 0 Å². The Morgan fingerprint density at radius 3 is 2.28 bits per heavy atom. The van der Waals surface area contributed by atoms with E-state index in [4.69, 9.17) is 9.47 Å². The molecule has 2 aromatic rings. The fraction of sp³-hybridized carbons (Fsp3) is 0.294. The first kappa shape index (κ1) is 16.7. The summed E-state index contributed by atoms with van der Waals surface area (Å²) in [5, 5.41) is 2.87. The van der Waals surface area contributed by atoms with Crippen LogP contribution in [0.5, 0.6) is 11.8 Å². The van der Waals surface area contributed by atoms with Gasteiger partial charge in [-0.1, -0.05) is 0 Å². The zero-order chi connectivity index (χ0) is 17.8. The topological polar surface area (TPSA) is 84.9 Å². The zero-order valence-electron chi connectivity index (χ0n) is 14.0. The number of nitrogens with zero attached hydrogens (tertiary/aromatic N) is 4. The first-order valence-corrected chi connectivity index (χ1v) is 7.78. The van der Waals surface area contributed by atoms with E-state index in [1.807, 2.05) is 0 Å². The summed E-state index contributed by atoms with van der Waals surface area (Å²) in [6, 6.07) is 6.42. The van der Waals surface area contributed by atoms with Gasteiger partial charge in [0.1, 0.15) is 5.56 Å². The van der Waals surface area contributed by atoms with Crippen molar-refractivity contribution < 1.29 is 19.1 Å². The van der Waals surface area contributed by atoms with Crippen LogP contribution in [0.4, 0.5) is 0 Å². The lowest BCUT2D eigenvalue weighted by molar-refractivity contribution is 0.0183. The second-order valence-electron chi connectivity index (χ2n) is 5.36. The van der Waals surface area contributed by atoms with Gasteiger partial charge in [-0.25, -0.2) is 10.0 Å². The minimum Gasteiger partial charge on any atom is -0.481 e. The summed E-state index contributed by atoms with van der Waals surface area (Å²) in [5.41, 5.74) is 0.757. The Bertz CT molecular complexity index is 781. The monoisotopic (exact) mass is 342 g/mol. The minimum atomic E-state index is -0.341. The van der Waals surface area contributed by atoms with Crippen molar-refractivity contribution in [3.8, 4) is 11.8 Å². The molecule has 25 heavy (non-hydrogen) atoms. The highest BCUT2D eigenvalue weighted by Crippen LogP contribution is 2.24. The predicted octanol–water partition coefficient (Wildman–Crippen LogP) is 1.40. The standard InChI is InChI=1S/C17H18N4O4/c1-24-14-5-4-13(15(19-14)25-2)17(23)21-11-3-10-20(21)16(22)12-6-8-18-9-7-12/h4-9H,3,10-11H2,1-2H3. The SMILES string of the molecule is COc1ccc(C(=O)N2CCCN2C(=O)c2ccncc2)c(OC)n1.